The smallest absolute Gasteiger partial charge is 0.251 e. The van der Waals surface area contributed by atoms with E-state index in [0.29, 0.717) is 42.1 Å². The molecule has 10 heteroatoms. The molecule has 0 spiro atoms. The summed E-state index contributed by atoms with van der Waals surface area (Å²) < 4.78 is 1.86. The van der Waals surface area contributed by atoms with Crippen LogP contribution in [0.15, 0.2) is 67.3 Å². The Morgan fingerprint density at radius 3 is 2.67 bits per heavy atom. The Morgan fingerprint density at radius 1 is 1.03 bits per heavy atom. The lowest BCUT2D eigenvalue weighted by Gasteiger charge is -2.07. The number of hydrogen-bond acceptors (Lipinski definition) is 7. The van der Waals surface area contributed by atoms with Crippen molar-refractivity contribution in [2.24, 2.45) is 0 Å². The quantitative estimate of drug-likeness (QED) is 0.353. The molecule has 0 saturated heterocycles. The number of aromatic nitrogens is 7. The fourth-order valence-electron chi connectivity index (χ4n) is 3.59. The maximum absolute atomic E-state index is 12.4. The second-order valence-electron chi connectivity index (χ2n) is 7.66. The van der Waals surface area contributed by atoms with Crippen LogP contribution in [0.25, 0.3) is 11.2 Å². The minimum Gasteiger partial charge on any atom is -0.384 e. The van der Waals surface area contributed by atoms with E-state index in [1.807, 2.05) is 53.5 Å². The fraction of sp³-hybridized carbons (Fsp3) is 0.130. The third kappa shape index (κ3) is 4.69. The predicted molar refractivity (Wildman–Crippen MR) is 122 cm³/mol. The van der Waals surface area contributed by atoms with Gasteiger partial charge in [-0.1, -0.05) is 12.1 Å². The van der Waals surface area contributed by atoms with Crippen LogP contribution < -0.4 is 11.1 Å². The molecule has 4 N–H and O–H groups in total. The molecule has 164 valence electrons. The van der Waals surface area contributed by atoms with Crippen molar-refractivity contribution in [3.63, 3.8) is 0 Å². The van der Waals surface area contributed by atoms with Crippen molar-refractivity contribution in [2.75, 3.05) is 5.73 Å². The Labute approximate surface area is 188 Å². The normalized spacial score (nSPS) is 11.0. The van der Waals surface area contributed by atoms with Gasteiger partial charge in [0.1, 0.15) is 11.3 Å². The van der Waals surface area contributed by atoms with E-state index >= 15 is 0 Å². The number of hydrogen-bond donors (Lipinski definition) is 3. The summed E-state index contributed by atoms with van der Waals surface area (Å²) in [6.45, 7) is 1.06. The summed E-state index contributed by atoms with van der Waals surface area (Å²) in [7, 11) is 0. The first-order valence-corrected chi connectivity index (χ1v) is 10.4. The SMILES string of the molecule is Nc1cc(Cc2cnn(Cc3ccc(C(=O)NCc4ccncc4)cc3)c2)c2n[nH]nc2n1. The van der Waals surface area contributed by atoms with Crippen molar-refractivity contribution in [3.05, 3.63) is 95.1 Å². The van der Waals surface area contributed by atoms with Gasteiger partial charge in [0.25, 0.3) is 5.91 Å². The monoisotopic (exact) mass is 439 g/mol. The van der Waals surface area contributed by atoms with E-state index in [2.05, 4.69) is 35.8 Å². The summed E-state index contributed by atoms with van der Waals surface area (Å²) >= 11 is 0. The maximum atomic E-state index is 12.4. The molecule has 1 amide bonds. The fourth-order valence-corrected chi connectivity index (χ4v) is 3.59. The van der Waals surface area contributed by atoms with Gasteiger partial charge in [0.2, 0.25) is 5.65 Å². The number of carbonyl (C=O) groups excluding carboxylic acids is 1. The van der Waals surface area contributed by atoms with Gasteiger partial charge in [0.15, 0.2) is 0 Å². The van der Waals surface area contributed by atoms with Crippen LogP contribution in [0.1, 0.15) is 32.6 Å². The van der Waals surface area contributed by atoms with E-state index < -0.39 is 0 Å². The Balaban J connectivity index is 1.21. The molecule has 1 aromatic carbocycles. The standard InChI is InChI=1S/C23H21N9O/c24-20-10-19(21-22(28-20)30-31-29-21)9-17-12-27-32(14-17)13-16-1-3-18(4-2-16)23(33)26-11-15-5-7-25-8-6-15/h1-8,10,12,14H,9,11,13H2,(H,26,33)(H3,24,28,29,30,31). The van der Waals surface area contributed by atoms with E-state index in [1.54, 1.807) is 18.5 Å². The van der Waals surface area contributed by atoms with Crippen LogP contribution in [0.4, 0.5) is 5.82 Å². The van der Waals surface area contributed by atoms with Crippen molar-refractivity contribution in [1.82, 2.24) is 40.5 Å². The molecule has 0 aliphatic carbocycles. The molecular weight excluding hydrogens is 418 g/mol. The molecule has 0 aliphatic rings. The lowest BCUT2D eigenvalue weighted by molar-refractivity contribution is 0.0951. The second-order valence-corrected chi connectivity index (χ2v) is 7.66. The molecule has 10 nitrogen and oxygen atoms in total. The van der Waals surface area contributed by atoms with Crippen molar-refractivity contribution in [2.45, 2.75) is 19.5 Å². The van der Waals surface area contributed by atoms with Gasteiger partial charge in [0, 0.05) is 37.1 Å². The highest BCUT2D eigenvalue weighted by atomic mass is 16.1. The highest BCUT2D eigenvalue weighted by Gasteiger charge is 2.11. The van der Waals surface area contributed by atoms with Crippen LogP contribution in [-0.2, 0) is 19.5 Å². The summed E-state index contributed by atoms with van der Waals surface area (Å²) in [6.07, 6.45) is 7.84. The molecule has 0 bridgehead atoms. The van der Waals surface area contributed by atoms with Crippen LogP contribution in [0.5, 0.6) is 0 Å². The molecule has 5 aromatic rings. The number of nitrogens with one attached hydrogen (secondary N) is 2. The van der Waals surface area contributed by atoms with E-state index in [0.717, 1.165) is 22.3 Å². The molecule has 0 aliphatic heterocycles. The summed E-state index contributed by atoms with van der Waals surface area (Å²) in [6, 6.07) is 13.1. The Hall–Kier alpha value is -4.60. The molecule has 33 heavy (non-hydrogen) atoms. The lowest BCUT2D eigenvalue weighted by Crippen LogP contribution is -2.22. The predicted octanol–water partition coefficient (Wildman–Crippen LogP) is 2.10. The van der Waals surface area contributed by atoms with Gasteiger partial charge in [0.05, 0.1) is 12.7 Å². The zero-order chi connectivity index (χ0) is 22.6. The zero-order valence-corrected chi connectivity index (χ0v) is 17.6. The number of H-pyrrole nitrogens is 1. The van der Waals surface area contributed by atoms with Crippen LogP contribution in [-0.4, -0.2) is 41.1 Å². The highest BCUT2D eigenvalue weighted by Crippen LogP contribution is 2.19. The van der Waals surface area contributed by atoms with Crippen LogP contribution >= 0.6 is 0 Å². The number of carbonyl (C=O) groups is 1. The molecule has 4 heterocycles. The summed E-state index contributed by atoms with van der Waals surface area (Å²) in [5.41, 5.74) is 11.7. The molecule has 0 saturated carbocycles. The molecule has 0 fully saturated rings. The van der Waals surface area contributed by atoms with Crippen molar-refractivity contribution < 1.29 is 4.79 Å². The number of amides is 1. The second kappa shape index (κ2) is 8.87. The largest absolute Gasteiger partial charge is 0.384 e. The first-order valence-electron chi connectivity index (χ1n) is 10.4. The maximum Gasteiger partial charge on any atom is 0.251 e. The van der Waals surface area contributed by atoms with Crippen LogP contribution in [0, 0.1) is 0 Å². The van der Waals surface area contributed by atoms with Gasteiger partial charge in [-0.3, -0.25) is 14.5 Å². The number of nitrogens with zero attached hydrogens (tertiary/aromatic N) is 6. The number of anilines is 1. The van der Waals surface area contributed by atoms with Gasteiger partial charge < -0.3 is 11.1 Å². The number of aromatic amines is 1. The Kier molecular flexibility index (Phi) is 5.46. The number of pyridine rings is 2. The molecule has 0 unspecified atom stereocenters. The Bertz CT molecular complexity index is 1390. The van der Waals surface area contributed by atoms with Gasteiger partial charge in [-0.05, 0) is 52.6 Å². The molecular formula is C23H21N9O. The number of benzene rings is 1. The third-order valence-electron chi connectivity index (χ3n) is 5.24. The van der Waals surface area contributed by atoms with E-state index in [-0.39, 0.29) is 5.91 Å². The Morgan fingerprint density at radius 2 is 1.85 bits per heavy atom. The lowest BCUT2D eigenvalue weighted by atomic mass is 10.1. The average molecular weight is 439 g/mol. The number of nitrogens with two attached hydrogens (primary N) is 1. The van der Waals surface area contributed by atoms with Gasteiger partial charge >= 0.3 is 0 Å². The summed E-state index contributed by atoms with van der Waals surface area (Å²) in [4.78, 5) is 20.5. The number of fused-ring (bicyclic) bond motifs is 1. The molecule has 5 rings (SSSR count). The molecule has 0 radical (unpaired) electrons. The molecule has 0 atom stereocenters. The first kappa shape index (κ1) is 20.3. The van der Waals surface area contributed by atoms with E-state index in [1.165, 1.54) is 0 Å². The number of nitrogen functional groups attached to an aromatic ring is 1. The van der Waals surface area contributed by atoms with Gasteiger partial charge in [-0.2, -0.15) is 15.4 Å². The van der Waals surface area contributed by atoms with Crippen molar-refractivity contribution in [3.8, 4) is 0 Å². The van der Waals surface area contributed by atoms with E-state index in [4.69, 9.17) is 5.73 Å². The van der Waals surface area contributed by atoms with Crippen molar-refractivity contribution in [1.29, 1.82) is 0 Å². The minimum atomic E-state index is -0.115. The summed E-state index contributed by atoms with van der Waals surface area (Å²) in [5.74, 6) is 0.291. The van der Waals surface area contributed by atoms with Gasteiger partial charge in [-0.15, -0.1) is 5.10 Å². The summed E-state index contributed by atoms with van der Waals surface area (Å²) in [5, 5.41) is 18.1. The van der Waals surface area contributed by atoms with Gasteiger partial charge in [-0.25, -0.2) is 4.98 Å². The highest BCUT2D eigenvalue weighted by molar-refractivity contribution is 5.94. The minimum absolute atomic E-state index is 0.115. The van der Waals surface area contributed by atoms with Crippen molar-refractivity contribution >= 4 is 22.9 Å². The third-order valence-corrected chi connectivity index (χ3v) is 5.24. The topological polar surface area (TPSA) is 140 Å². The van der Waals surface area contributed by atoms with Crippen LogP contribution in [0.3, 0.4) is 0 Å². The van der Waals surface area contributed by atoms with Crippen LogP contribution in [0.2, 0.25) is 0 Å². The first-order chi connectivity index (χ1) is 16.1. The average Bonchev–Trinajstić information content (AvgIpc) is 3.48. The zero-order valence-electron chi connectivity index (χ0n) is 17.6. The number of rotatable bonds is 7. The molecule has 4 aromatic heterocycles. The van der Waals surface area contributed by atoms with E-state index in [9.17, 15) is 4.79 Å².